The van der Waals surface area contributed by atoms with E-state index in [4.69, 9.17) is 9.52 Å². The molecule has 4 rings (SSSR count). The van der Waals surface area contributed by atoms with Crippen LogP contribution in [0.3, 0.4) is 0 Å². The maximum Gasteiger partial charge on any atom is 0.339 e. The first-order valence-corrected chi connectivity index (χ1v) is 11.6. The molecule has 0 atom stereocenters. The number of rotatable bonds is 9. The van der Waals surface area contributed by atoms with Crippen molar-refractivity contribution < 1.29 is 34.1 Å². The van der Waals surface area contributed by atoms with Gasteiger partial charge in [0.05, 0.1) is 0 Å². The van der Waals surface area contributed by atoms with E-state index in [-0.39, 0.29) is 35.9 Å². The summed E-state index contributed by atoms with van der Waals surface area (Å²) in [5, 5.41) is 33.7. The Morgan fingerprint density at radius 1 is 1.00 bits per heavy atom. The summed E-state index contributed by atoms with van der Waals surface area (Å²) < 4.78 is 9.79. The van der Waals surface area contributed by atoms with Crippen LogP contribution >= 0.6 is 11.5 Å². The summed E-state index contributed by atoms with van der Waals surface area (Å²) in [5.41, 5.74) is 0.902. The minimum atomic E-state index is -1.27. The van der Waals surface area contributed by atoms with Gasteiger partial charge < -0.3 is 30.4 Å². The Kier molecular flexibility index (Phi) is 7.59. The normalized spacial score (nSPS) is 10.9. The molecule has 0 spiro atoms. The van der Waals surface area contributed by atoms with Crippen LogP contribution < -0.4 is 10.6 Å². The number of anilines is 1. The Balaban J connectivity index is 1.24. The van der Waals surface area contributed by atoms with Crippen molar-refractivity contribution in [1.82, 2.24) is 14.7 Å². The standard InChI is InChI=1S/C25H20N4O7S/c30-16-4-1-14(2-5-16)23-28-25(37-29-23)27-22(33)11-12-26-21(32)10-7-17-6-9-20(36-17)15-3-8-19(31)18(13-15)24(34)35/h1-10,13,30-31H,11-12H2,(H,26,32)(H,34,35)(H,27,28,29,33)/b10-7+. The predicted molar refractivity (Wildman–Crippen MR) is 135 cm³/mol. The average molecular weight is 521 g/mol. The zero-order chi connectivity index (χ0) is 26.4. The smallest absolute Gasteiger partial charge is 0.339 e. The number of carboxylic acid groups (broad SMARTS) is 1. The number of carboxylic acids is 1. The minimum absolute atomic E-state index is 0.0192. The van der Waals surface area contributed by atoms with Crippen molar-refractivity contribution in [3.8, 4) is 34.2 Å². The molecule has 37 heavy (non-hydrogen) atoms. The topological polar surface area (TPSA) is 175 Å². The third-order valence-electron chi connectivity index (χ3n) is 4.99. The summed E-state index contributed by atoms with van der Waals surface area (Å²) in [6.45, 7) is 0.0908. The van der Waals surface area contributed by atoms with Gasteiger partial charge >= 0.3 is 5.97 Å². The number of carbonyl (C=O) groups excluding carboxylic acids is 2. The van der Waals surface area contributed by atoms with Gasteiger partial charge in [-0.1, -0.05) is 0 Å². The maximum atomic E-state index is 12.1. The van der Waals surface area contributed by atoms with Gasteiger partial charge in [-0.25, -0.2) is 4.79 Å². The summed E-state index contributed by atoms with van der Waals surface area (Å²) in [6.07, 6.45) is 2.70. The molecular formula is C25H20N4O7S. The molecule has 0 saturated heterocycles. The molecule has 0 fully saturated rings. The Morgan fingerprint density at radius 2 is 1.76 bits per heavy atom. The van der Waals surface area contributed by atoms with Crippen LogP contribution in [0, 0.1) is 0 Å². The van der Waals surface area contributed by atoms with E-state index in [9.17, 15) is 24.6 Å². The molecular weight excluding hydrogens is 500 g/mol. The largest absolute Gasteiger partial charge is 0.508 e. The SMILES string of the molecule is O=C(/C=C/c1ccc(-c2ccc(O)c(C(=O)O)c2)o1)NCCC(=O)Nc1nc(-c2ccc(O)cc2)ns1. The molecule has 0 radical (unpaired) electrons. The third kappa shape index (κ3) is 6.58. The quantitative estimate of drug-likeness (QED) is 0.206. The van der Waals surface area contributed by atoms with Crippen molar-refractivity contribution in [3.63, 3.8) is 0 Å². The molecule has 5 N–H and O–H groups in total. The molecule has 2 heterocycles. The van der Waals surface area contributed by atoms with Crippen molar-refractivity contribution in [2.75, 3.05) is 11.9 Å². The fourth-order valence-corrected chi connectivity index (χ4v) is 3.76. The van der Waals surface area contributed by atoms with E-state index in [1.165, 1.54) is 42.5 Å². The van der Waals surface area contributed by atoms with Gasteiger partial charge in [-0.3, -0.25) is 9.59 Å². The van der Waals surface area contributed by atoms with Gasteiger partial charge in [0.15, 0.2) is 5.82 Å². The van der Waals surface area contributed by atoms with E-state index in [0.717, 1.165) is 11.5 Å². The van der Waals surface area contributed by atoms with Crippen molar-refractivity contribution in [3.05, 3.63) is 72.0 Å². The molecule has 2 aromatic heterocycles. The van der Waals surface area contributed by atoms with Gasteiger partial charge in [-0.2, -0.15) is 9.36 Å². The van der Waals surface area contributed by atoms with Gasteiger partial charge in [0, 0.05) is 41.7 Å². The van der Waals surface area contributed by atoms with Crippen LogP contribution in [0.15, 0.2) is 65.1 Å². The number of phenols is 2. The van der Waals surface area contributed by atoms with Crippen LogP contribution in [0.25, 0.3) is 28.8 Å². The summed E-state index contributed by atoms with van der Waals surface area (Å²) in [4.78, 5) is 39.6. The van der Waals surface area contributed by atoms with Crippen LogP contribution in [0.5, 0.6) is 11.5 Å². The monoisotopic (exact) mass is 520 g/mol. The fraction of sp³-hybridized carbons (Fsp3) is 0.0800. The highest BCUT2D eigenvalue weighted by atomic mass is 32.1. The molecule has 0 bridgehead atoms. The van der Waals surface area contributed by atoms with E-state index in [1.54, 1.807) is 24.3 Å². The summed E-state index contributed by atoms with van der Waals surface area (Å²) in [5.74, 6) is -1.12. The van der Waals surface area contributed by atoms with Crippen molar-refractivity contribution in [2.24, 2.45) is 0 Å². The van der Waals surface area contributed by atoms with Crippen LogP contribution in [-0.2, 0) is 9.59 Å². The lowest BCUT2D eigenvalue weighted by atomic mass is 10.1. The summed E-state index contributed by atoms with van der Waals surface area (Å²) >= 11 is 1.02. The maximum absolute atomic E-state index is 12.1. The van der Waals surface area contributed by atoms with Gasteiger partial charge in [0.2, 0.25) is 16.9 Å². The van der Waals surface area contributed by atoms with Gasteiger partial charge in [-0.05, 0) is 60.7 Å². The van der Waals surface area contributed by atoms with Gasteiger partial charge in [0.1, 0.15) is 28.6 Å². The molecule has 12 heteroatoms. The van der Waals surface area contributed by atoms with Crippen LogP contribution in [0.1, 0.15) is 22.5 Å². The first kappa shape index (κ1) is 25.1. The number of carbonyl (C=O) groups is 3. The van der Waals surface area contributed by atoms with Crippen LogP contribution in [0.4, 0.5) is 5.13 Å². The Bertz CT molecular complexity index is 1470. The second kappa shape index (κ2) is 11.2. The van der Waals surface area contributed by atoms with Crippen molar-refractivity contribution in [2.45, 2.75) is 6.42 Å². The highest BCUT2D eigenvalue weighted by Crippen LogP contribution is 2.28. The number of hydrogen-bond donors (Lipinski definition) is 5. The average Bonchev–Trinajstić information content (AvgIpc) is 3.53. The van der Waals surface area contributed by atoms with E-state index >= 15 is 0 Å². The Hall–Kier alpha value is -4.97. The highest BCUT2D eigenvalue weighted by Gasteiger charge is 2.13. The van der Waals surface area contributed by atoms with E-state index < -0.39 is 11.9 Å². The number of furan rings is 1. The lowest BCUT2D eigenvalue weighted by Crippen LogP contribution is -2.26. The molecule has 4 aromatic rings. The number of nitrogens with zero attached hydrogens (tertiary/aromatic N) is 2. The number of nitrogens with one attached hydrogen (secondary N) is 2. The molecule has 0 aliphatic carbocycles. The number of amides is 2. The molecule has 0 saturated carbocycles. The van der Waals surface area contributed by atoms with Crippen LogP contribution in [0.2, 0.25) is 0 Å². The number of phenolic OH excluding ortho intramolecular Hbond substituents is 1. The van der Waals surface area contributed by atoms with Crippen molar-refractivity contribution in [1.29, 1.82) is 0 Å². The molecule has 0 aliphatic heterocycles. The Morgan fingerprint density at radius 3 is 2.51 bits per heavy atom. The molecule has 0 unspecified atom stereocenters. The molecule has 2 amide bonds. The first-order chi connectivity index (χ1) is 17.8. The zero-order valence-corrected chi connectivity index (χ0v) is 19.9. The minimum Gasteiger partial charge on any atom is -0.508 e. The molecule has 0 aliphatic rings. The fourth-order valence-electron chi connectivity index (χ4n) is 3.16. The second-order valence-electron chi connectivity index (χ2n) is 7.63. The van der Waals surface area contributed by atoms with E-state index in [2.05, 4.69) is 20.0 Å². The van der Waals surface area contributed by atoms with Crippen LogP contribution in [-0.4, -0.2) is 49.0 Å². The zero-order valence-electron chi connectivity index (χ0n) is 19.0. The third-order valence-corrected chi connectivity index (χ3v) is 5.62. The Labute approximate surface area is 213 Å². The number of hydrogen-bond acceptors (Lipinski definition) is 9. The van der Waals surface area contributed by atoms with Gasteiger partial charge in [0.25, 0.3) is 0 Å². The van der Waals surface area contributed by atoms with E-state index in [1.807, 2.05) is 0 Å². The first-order valence-electron chi connectivity index (χ1n) is 10.8. The lowest BCUT2D eigenvalue weighted by Gasteiger charge is -2.02. The summed E-state index contributed by atoms with van der Waals surface area (Å²) in [7, 11) is 0. The number of aromatic hydroxyl groups is 2. The number of aromatic carboxylic acids is 1. The number of aromatic nitrogens is 2. The molecule has 2 aromatic carbocycles. The highest BCUT2D eigenvalue weighted by molar-refractivity contribution is 7.10. The van der Waals surface area contributed by atoms with E-state index in [0.29, 0.717) is 33.6 Å². The van der Waals surface area contributed by atoms with Crippen molar-refractivity contribution >= 4 is 40.5 Å². The van der Waals surface area contributed by atoms with Gasteiger partial charge in [-0.15, -0.1) is 0 Å². The number of benzene rings is 2. The summed E-state index contributed by atoms with van der Waals surface area (Å²) in [6, 6.07) is 13.6. The molecule has 188 valence electrons. The second-order valence-corrected chi connectivity index (χ2v) is 8.38. The predicted octanol–water partition coefficient (Wildman–Crippen LogP) is 3.73. The molecule has 11 nitrogen and oxygen atoms in total. The lowest BCUT2D eigenvalue weighted by molar-refractivity contribution is -0.117.